The van der Waals surface area contributed by atoms with E-state index in [0.29, 0.717) is 17.1 Å². The molecule has 3 aromatic rings. The van der Waals surface area contributed by atoms with Gasteiger partial charge in [0, 0.05) is 16.8 Å². The number of aromatic nitrogens is 3. The number of anilines is 1. The lowest BCUT2D eigenvalue weighted by atomic mass is 10.0. The molecule has 0 amide bonds. The third-order valence-corrected chi connectivity index (χ3v) is 3.93. The molecule has 7 heteroatoms. The SMILES string of the molecule is CCOC(=O)c1cnc2c(-c3cccc(Cl)c3)c(CC)nn2c1N. The van der Waals surface area contributed by atoms with Crippen molar-refractivity contribution in [2.24, 2.45) is 0 Å². The number of hydrogen-bond acceptors (Lipinski definition) is 5. The molecule has 124 valence electrons. The molecule has 0 aliphatic heterocycles. The second-order valence-corrected chi connectivity index (χ2v) is 5.64. The van der Waals surface area contributed by atoms with E-state index in [2.05, 4.69) is 10.1 Å². The molecule has 24 heavy (non-hydrogen) atoms. The van der Waals surface area contributed by atoms with E-state index in [1.807, 2.05) is 31.2 Å². The summed E-state index contributed by atoms with van der Waals surface area (Å²) in [6.07, 6.45) is 2.12. The van der Waals surface area contributed by atoms with Crippen LogP contribution in [-0.4, -0.2) is 27.2 Å². The van der Waals surface area contributed by atoms with Crippen molar-refractivity contribution in [3.05, 3.63) is 46.7 Å². The van der Waals surface area contributed by atoms with Gasteiger partial charge in [0.15, 0.2) is 5.65 Å². The Morgan fingerprint density at radius 3 is 2.83 bits per heavy atom. The minimum atomic E-state index is -0.512. The van der Waals surface area contributed by atoms with Gasteiger partial charge >= 0.3 is 5.97 Å². The van der Waals surface area contributed by atoms with Gasteiger partial charge < -0.3 is 10.5 Å². The lowest BCUT2D eigenvalue weighted by molar-refractivity contribution is 0.0526. The second-order valence-electron chi connectivity index (χ2n) is 5.20. The zero-order chi connectivity index (χ0) is 17.3. The largest absolute Gasteiger partial charge is 0.462 e. The van der Waals surface area contributed by atoms with Crippen LogP contribution in [-0.2, 0) is 11.2 Å². The monoisotopic (exact) mass is 344 g/mol. The van der Waals surface area contributed by atoms with Crippen molar-refractivity contribution in [1.29, 1.82) is 0 Å². The van der Waals surface area contributed by atoms with E-state index in [4.69, 9.17) is 22.1 Å². The molecule has 0 spiro atoms. The maximum Gasteiger partial charge on any atom is 0.343 e. The van der Waals surface area contributed by atoms with Crippen LogP contribution in [0, 0.1) is 0 Å². The molecule has 0 radical (unpaired) electrons. The summed E-state index contributed by atoms with van der Waals surface area (Å²) >= 11 is 6.11. The average Bonchev–Trinajstić information content (AvgIpc) is 2.95. The minimum Gasteiger partial charge on any atom is -0.462 e. The molecule has 0 aliphatic rings. The highest BCUT2D eigenvalue weighted by molar-refractivity contribution is 6.30. The van der Waals surface area contributed by atoms with Crippen LogP contribution in [0.25, 0.3) is 16.8 Å². The first kappa shape index (κ1) is 16.3. The van der Waals surface area contributed by atoms with Crippen LogP contribution in [0.2, 0.25) is 5.02 Å². The summed E-state index contributed by atoms with van der Waals surface area (Å²) < 4.78 is 6.49. The van der Waals surface area contributed by atoms with Crippen LogP contribution in [0.5, 0.6) is 0 Å². The molecular formula is C17H17ClN4O2. The third-order valence-electron chi connectivity index (χ3n) is 3.70. The number of nitrogens with zero attached hydrogens (tertiary/aromatic N) is 3. The molecule has 0 unspecified atom stereocenters. The van der Waals surface area contributed by atoms with Crippen LogP contribution < -0.4 is 5.73 Å². The number of aryl methyl sites for hydroxylation is 1. The van der Waals surface area contributed by atoms with E-state index in [1.165, 1.54) is 10.7 Å². The Labute approximate surface area is 144 Å². The number of halogens is 1. The van der Waals surface area contributed by atoms with Gasteiger partial charge in [-0.2, -0.15) is 9.61 Å². The standard InChI is InChI=1S/C17H17ClN4O2/c1-3-13-14(10-6-5-7-11(18)8-10)16-20-9-12(17(23)24-4-2)15(19)22(16)21-13/h5-9H,3-4,19H2,1-2H3. The van der Waals surface area contributed by atoms with Gasteiger partial charge in [-0.25, -0.2) is 9.78 Å². The van der Waals surface area contributed by atoms with Crippen molar-refractivity contribution >= 4 is 29.0 Å². The maximum atomic E-state index is 12.0. The van der Waals surface area contributed by atoms with Crippen molar-refractivity contribution in [2.75, 3.05) is 12.3 Å². The van der Waals surface area contributed by atoms with Crippen LogP contribution in [0.1, 0.15) is 29.9 Å². The van der Waals surface area contributed by atoms with Crippen molar-refractivity contribution in [3.63, 3.8) is 0 Å². The summed E-state index contributed by atoms with van der Waals surface area (Å²) in [5.74, 6) is -0.302. The molecule has 0 bridgehead atoms. The van der Waals surface area contributed by atoms with Crippen molar-refractivity contribution in [3.8, 4) is 11.1 Å². The van der Waals surface area contributed by atoms with Crippen LogP contribution in [0.3, 0.4) is 0 Å². The second kappa shape index (κ2) is 6.49. The number of fused-ring (bicyclic) bond motifs is 1. The zero-order valence-corrected chi connectivity index (χ0v) is 14.2. The fourth-order valence-electron chi connectivity index (χ4n) is 2.60. The Morgan fingerprint density at radius 2 is 2.17 bits per heavy atom. The highest BCUT2D eigenvalue weighted by atomic mass is 35.5. The average molecular weight is 345 g/mol. The summed E-state index contributed by atoms with van der Waals surface area (Å²) in [5, 5.41) is 5.15. The van der Waals surface area contributed by atoms with Gasteiger partial charge in [-0.05, 0) is 31.0 Å². The van der Waals surface area contributed by atoms with E-state index < -0.39 is 5.97 Å². The normalized spacial score (nSPS) is 11.0. The fraction of sp³-hybridized carbons (Fsp3) is 0.235. The minimum absolute atomic E-state index is 0.201. The highest BCUT2D eigenvalue weighted by Crippen LogP contribution is 2.31. The Balaban J connectivity index is 2.24. The Kier molecular flexibility index (Phi) is 4.40. The number of carbonyl (C=O) groups is 1. The predicted molar refractivity (Wildman–Crippen MR) is 93.2 cm³/mol. The molecule has 2 heterocycles. The lowest BCUT2D eigenvalue weighted by Crippen LogP contribution is -2.12. The summed E-state index contributed by atoms with van der Waals surface area (Å²) in [5.41, 5.74) is 9.51. The van der Waals surface area contributed by atoms with Crippen molar-refractivity contribution < 1.29 is 9.53 Å². The fourth-order valence-corrected chi connectivity index (χ4v) is 2.79. The van der Waals surface area contributed by atoms with Gasteiger partial charge in [-0.3, -0.25) is 0 Å². The van der Waals surface area contributed by atoms with Gasteiger partial charge in [-0.1, -0.05) is 30.7 Å². The van der Waals surface area contributed by atoms with Crippen LogP contribution >= 0.6 is 11.6 Å². The topological polar surface area (TPSA) is 82.5 Å². The van der Waals surface area contributed by atoms with E-state index in [-0.39, 0.29) is 18.0 Å². The van der Waals surface area contributed by atoms with Crippen molar-refractivity contribution in [1.82, 2.24) is 14.6 Å². The number of carbonyl (C=O) groups excluding carboxylic acids is 1. The molecular weight excluding hydrogens is 328 g/mol. The van der Waals surface area contributed by atoms with Gasteiger partial charge in [0.2, 0.25) is 0 Å². The third kappa shape index (κ3) is 2.69. The molecule has 2 N–H and O–H groups in total. The Morgan fingerprint density at radius 1 is 1.38 bits per heavy atom. The molecule has 2 aromatic heterocycles. The molecule has 0 atom stereocenters. The first-order chi connectivity index (χ1) is 11.6. The van der Waals surface area contributed by atoms with Gasteiger partial charge in [0.1, 0.15) is 11.4 Å². The van der Waals surface area contributed by atoms with Gasteiger partial charge in [-0.15, -0.1) is 0 Å². The molecule has 0 saturated heterocycles. The number of hydrogen-bond donors (Lipinski definition) is 1. The lowest BCUT2D eigenvalue weighted by Gasteiger charge is -2.07. The van der Waals surface area contributed by atoms with Crippen LogP contribution in [0.4, 0.5) is 5.82 Å². The van der Waals surface area contributed by atoms with Crippen LogP contribution in [0.15, 0.2) is 30.5 Å². The molecule has 3 rings (SSSR count). The summed E-state index contributed by atoms with van der Waals surface area (Å²) in [7, 11) is 0. The zero-order valence-electron chi connectivity index (χ0n) is 13.4. The predicted octanol–water partition coefficient (Wildman–Crippen LogP) is 3.37. The Bertz CT molecular complexity index is 920. The van der Waals surface area contributed by atoms with E-state index in [1.54, 1.807) is 6.92 Å². The van der Waals surface area contributed by atoms with Gasteiger partial charge in [0.25, 0.3) is 0 Å². The first-order valence-electron chi connectivity index (χ1n) is 7.66. The molecule has 0 fully saturated rings. The number of ether oxygens (including phenoxy) is 1. The molecule has 0 saturated carbocycles. The summed E-state index contributed by atoms with van der Waals surface area (Å²) in [4.78, 5) is 16.4. The number of nitrogens with two attached hydrogens (primary N) is 1. The summed E-state index contributed by atoms with van der Waals surface area (Å²) in [6, 6.07) is 7.48. The highest BCUT2D eigenvalue weighted by Gasteiger charge is 2.21. The number of benzene rings is 1. The number of rotatable bonds is 4. The molecule has 0 aliphatic carbocycles. The molecule has 6 nitrogen and oxygen atoms in total. The van der Waals surface area contributed by atoms with E-state index >= 15 is 0 Å². The molecule has 1 aromatic carbocycles. The van der Waals surface area contributed by atoms with Gasteiger partial charge in [0.05, 0.1) is 12.3 Å². The smallest absolute Gasteiger partial charge is 0.343 e. The van der Waals surface area contributed by atoms with Crippen molar-refractivity contribution in [2.45, 2.75) is 20.3 Å². The Hall–Kier alpha value is -2.60. The first-order valence-corrected chi connectivity index (χ1v) is 8.03. The number of esters is 1. The van der Waals surface area contributed by atoms with E-state index in [9.17, 15) is 4.79 Å². The summed E-state index contributed by atoms with van der Waals surface area (Å²) in [6.45, 7) is 4.00. The number of nitrogen functional groups attached to an aromatic ring is 1. The quantitative estimate of drug-likeness (QED) is 0.734. The maximum absolute atomic E-state index is 12.0. The van der Waals surface area contributed by atoms with E-state index in [0.717, 1.165) is 16.8 Å².